The molecule has 1 aromatic rings. The monoisotopic (exact) mass is 206 g/mol. The van der Waals surface area contributed by atoms with Crippen LogP contribution in [0.2, 0.25) is 0 Å². The zero-order valence-electron chi connectivity index (χ0n) is 5.85. The first-order valence-corrected chi connectivity index (χ1v) is 5.30. The molecule has 66 valence electrons. The Hall–Kier alpha value is -0.920. The Morgan fingerprint density at radius 3 is 2.67 bits per heavy atom. The number of hydrogen-bond acceptors (Lipinski definition) is 4. The number of carbonyl (C=O) groups excluding carboxylic acids is 1. The fourth-order valence-electron chi connectivity index (χ4n) is 0.587. The van der Waals surface area contributed by atoms with E-state index in [2.05, 4.69) is 5.14 Å². The van der Waals surface area contributed by atoms with Gasteiger partial charge in [0.05, 0.1) is 4.88 Å². The Morgan fingerprint density at radius 1 is 1.58 bits per heavy atom. The summed E-state index contributed by atoms with van der Waals surface area (Å²) in [6.45, 7) is 0. The maximum absolute atomic E-state index is 11.0. The van der Waals surface area contributed by atoms with Crippen molar-refractivity contribution in [1.82, 2.24) is 4.72 Å². The number of carbonyl (C=O) groups is 1. The molecular weight excluding hydrogens is 200 g/mol. The molecule has 12 heavy (non-hydrogen) atoms. The second-order valence-electron chi connectivity index (χ2n) is 1.95. The maximum atomic E-state index is 11.0. The van der Waals surface area contributed by atoms with Crippen LogP contribution < -0.4 is 9.86 Å². The third-order valence-electron chi connectivity index (χ3n) is 0.980. The molecule has 3 N–H and O–H groups in total. The van der Waals surface area contributed by atoms with Crippen LogP contribution >= 0.6 is 11.3 Å². The molecule has 1 heterocycles. The number of nitrogens with two attached hydrogens (primary N) is 1. The molecule has 0 saturated heterocycles. The minimum Gasteiger partial charge on any atom is -0.267 e. The minimum absolute atomic E-state index is 0.309. The molecule has 0 aromatic carbocycles. The average Bonchev–Trinajstić information content (AvgIpc) is 2.32. The highest BCUT2D eigenvalue weighted by molar-refractivity contribution is 7.87. The number of thiophene rings is 1. The van der Waals surface area contributed by atoms with E-state index in [1.54, 1.807) is 16.2 Å². The van der Waals surface area contributed by atoms with E-state index in [1.807, 2.05) is 0 Å². The molecule has 7 heteroatoms. The largest absolute Gasteiger partial charge is 0.299 e. The lowest BCUT2D eigenvalue weighted by molar-refractivity contribution is 0.0985. The fraction of sp³-hybridized carbons (Fsp3) is 0. The highest BCUT2D eigenvalue weighted by Crippen LogP contribution is 2.07. The Kier molecular flexibility index (Phi) is 2.46. The van der Waals surface area contributed by atoms with Gasteiger partial charge in [-0.15, -0.1) is 11.3 Å². The van der Waals surface area contributed by atoms with Gasteiger partial charge in [-0.2, -0.15) is 8.42 Å². The van der Waals surface area contributed by atoms with Crippen LogP contribution in [-0.4, -0.2) is 14.3 Å². The van der Waals surface area contributed by atoms with Crippen molar-refractivity contribution in [2.24, 2.45) is 5.14 Å². The van der Waals surface area contributed by atoms with E-state index in [0.29, 0.717) is 4.88 Å². The van der Waals surface area contributed by atoms with E-state index in [9.17, 15) is 13.2 Å². The lowest BCUT2D eigenvalue weighted by Gasteiger charge is -1.97. The molecule has 0 radical (unpaired) electrons. The van der Waals surface area contributed by atoms with Crippen molar-refractivity contribution >= 4 is 27.5 Å². The van der Waals surface area contributed by atoms with Crippen molar-refractivity contribution in [1.29, 1.82) is 0 Å². The SMILES string of the molecule is NS(=O)(=O)NC(=O)c1cccs1. The molecule has 0 aliphatic heterocycles. The van der Waals surface area contributed by atoms with Gasteiger partial charge >= 0.3 is 0 Å². The van der Waals surface area contributed by atoms with Gasteiger partial charge in [-0.1, -0.05) is 6.07 Å². The van der Waals surface area contributed by atoms with Gasteiger partial charge in [0.1, 0.15) is 0 Å². The average molecular weight is 206 g/mol. The number of amides is 1. The van der Waals surface area contributed by atoms with Gasteiger partial charge in [0.15, 0.2) is 0 Å². The molecule has 0 aliphatic carbocycles. The molecular formula is C5H6N2O3S2. The molecule has 0 aliphatic rings. The van der Waals surface area contributed by atoms with E-state index >= 15 is 0 Å². The first kappa shape index (κ1) is 9.17. The van der Waals surface area contributed by atoms with Crippen molar-refractivity contribution in [2.75, 3.05) is 0 Å². The van der Waals surface area contributed by atoms with E-state index < -0.39 is 16.1 Å². The highest BCUT2D eigenvalue weighted by Gasteiger charge is 2.11. The molecule has 5 nitrogen and oxygen atoms in total. The molecule has 0 bridgehead atoms. The Bertz CT molecular complexity index is 367. The summed E-state index contributed by atoms with van der Waals surface area (Å²) in [5.41, 5.74) is 0. The van der Waals surface area contributed by atoms with Gasteiger partial charge in [0.2, 0.25) is 0 Å². The van der Waals surface area contributed by atoms with Crippen LogP contribution in [0.15, 0.2) is 17.5 Å². The maximum Gasteiger partial charge on any atom is 0.299 e. The Balaban J connectivity index is 2.76. The molecule has 1 amide bonds. The summed E-state index contributed by atoms with van der Waals surface area (Å²) in [4.78, 5) is 11.3. The lowest BCUT2D eigenvalue weighted by Crippen LogP contribution is -2.35. The number of hydrogen-bond donors (Lipinski definition) is 2. The molecule has 0 atom stereocenters. The number of nitrogens with one attached hydrogen (secondary N) is 1. The standard InChI is InChI=1S/C5H6N2O3S2/c6-12(9,10)7-5(8)4-2-1-3-11-4/h1-3H,(H,7,8)(H2,6,9,10). The molecule has 0 spiro atoms. The van der Waals surface area contributed by atoms with E-state index in [4.69, 9.17) is 0 Å². The minimum atomic E-state index is -3.94. The topological polar surface area (TPSA) is 89.3 Å². The van der Waals surface area contributed by atoms with Crippen LogP contribution in [0.5, 0.6) is 0 Å². The molecule has 1 rings (SSSR count). The molecule has 1 aromatic heterocycles. The van der Waals surface area contributed by atoms with Gasteiger partial charge in [0.25, 0.3) is 16.1 Å². The summed E-state index contributed by atoms with van der Waals surface area (Å²) in [7, 11) is -3.94. The first-order chi connectivity index (χ1) is 5.49. The zero-order valence-corrected chi connectivity index (χ0v) is 7.48. The molecule has 0 saturated carbocycles. The summed E-state index contributed by atoms with van der Waals surface area (Å²) < 4.78 is 22.4. The van der Waals surface area contributed by atoms with Crippen LogP contribution in [0.3, 0.4) is 0 Å². The third kappa shape index (κ3) is 2.61. The zero-order chi connectivity index (χ0) is 9.19. The molecule has 0 fully saturated rings. The van der Waals surface area contributed by atoms with Crippen molar-refractivity contribution < 1.29 is 13.2 Å². The smallest absolute Gasteiger partial charge is 0.267 e. The summed E-state index contributed by atoms with van der Waals surface area (Å²) in [5, 5.41) is 6.25. The van der Waals surface area contributed by atoms with Crippen molar-refractivity contribution in [3.05, 3.63) is 22.4 Å². The van der Waals surface area contributed by atoms with Crippen LogP contribution in [-0.2, 0) is 10.2 Å². The summed E-state index contributed by atoms with van der Waals surface area (Å²) in [5.74, 6) is -0.701. The van der Waals surface area contributed by atoms with Crippen LogP contribution in [0, 0.1) is 0 Å². The van der Waals surface area contributed by atoms with Crippen molar-refractivity contribution in [2.45, 2.75) is 0 Å². The number of rotatable bonds is 2. The van der Waals surface area contributed by atoms with E-state index in [1.165, 1.54) is 6.07 Å². The predicted octanol–water partition coefficient (Wildman–Crippen LogP) is -0.319. The van der Waals surface area contributed by atoms with Crippen LogP contribution in [0.4, 0.5) is 0 Å². The lowest BCUT2D eigenvalue weighted by atomic mass is 10.5. The van der Waals surface area contributed by atoms with Crippen molar-refractivity contribution in [3.63, 3.8) is 0 Å². The van der Waals surface area contributed by atoms with Gasteiger partial charge in [-0.3, -0.25) is 4.79 Å². The molecule has 0 unspecified atom stereocenters. The van der Waals surface area contributed by atoms with Gasteiger partial charge in [-0.25, -0.2) is 9.86 Å². The van der Waals surface area contributed by atoms with E-state index in [-0.39, 0.29) is 0 Å². The Morgan fingerprint density at radius 2 is 2.25 bits per heavy atom. The Labute approximate surface area is 73.4 Å². The second-order valence-corrected chi connectivity index (χ2v) is 4.20. The normalized spacial score (nSPS) is 11.1. The summed E-state index contributed by atoms with van der Waals surface area (Å²) in [6.07, 6.45) is 0. The van der Waals surface area contributed by atoms with Gasteiger partial charge in [0, 0.05) is 0 Å². The van der Waals surface area contributed by atoms with Crippen LogP contribution in [0.1, 0.15) is 9.67 Å². The first-order valence-electron chi connectivity index (χ1n) is 2.87. The van der Waals surface area contributed by atoms with Crippen molar-refractivity contribution in [3.8, 4) is 0 Å². The van der Waals surface area contributed by atoms with Crippen LogP contribution in [0.25, 0.3) is 0 Å². The predicted molar refractivity (Wildman–Crippen MR) is 44.9 cm³/mol. The highest BCUT2D eigenvalue weighted by atomic mass is 32.2. The second kappa shape index (κ2) is 3.21. The van der Waals surface area contributed by atoms with Gasteiger partial charge < -0.3 is 0 Å². The fourth-order valence-corrected chi connectivity index (χ4v) is 1.64. The van der Waals surface area contributed by atoms with E-state index in [0.717, 1.165) is 11.3 Å². The van der Waals surface area contributed by atoms with Gasteiger partial charge in [-0.05, 0) is 11.4 Å². The quantitative estimate of drug-likeness (QED) is 0.695. The summed E-state index contributed by atoms with van der Waals surface area (Å²) in [6, 6.07) is 3.15. The summed E-state index contributed by atoms with van der Waals surface area (Å²) >= 11 is 1.14. The third-order valence-corrected chi connectivity index (χ3v) is 2.32.